The Morgan fingerprint density at radius 2 is 2.11 bits per heavy atom. The van der Waals surface area contributed by atoms with Crippen molar-refractivity contribution in [2.45, 2.75) is 18.2 Å². The minimum absolute atomic E-state index is 0.135. The van der Waals surface area contributed by atoms with Crippen LogP contribution in [0.15, 0.2) is 58.4 Å². The monoisotopic (exact) mass is 416 g/mol. The van der Waals surface area contributed by atoms with Crippen LogP contribution < -0.4 is 10.0 Å². The fourth-order valence-corrected chi connectivity index (χ4v) is 4.59. The number of amidine groups is 1. The van der Waals surface area contributed by atoms with Gasteiger partial charge in [-0.2, -0.15) is 0 Å². The van der Waals surface area contributed by atoms with E-state index in [9.17, 15) is 14.3 Å². The molecule has 0 aromatic heterocycles. The fraction of sp³-hybridized carbons (Fsp3) is 0.211. The van der Waals surface area contributed by atoms with E-state index in [-0.39, 0.29) is 10.6 Å². The molecule has 1 aliphatic rings. The van der Waals surface area contributed by atoms with Crippen molar-refractivity contribution in [3.63, 3.8) is 0 Å². The van der Waals surface area contributed by atoms with Crippen LogP contribution in [-0.4, -0.2) is 27.1 Å². The maximum absolute atomic E-state index is 13.1. The summed E-state index contributed by atoms with van der Waals surface area (Å²) in [4.78, 5) is 15.4. The standard InChI is InChI=1S/C19H20N4O3S2/c1-3-15(21-19(20)27-2)13-8-9-16-14(12-13)10-11-22(16)28(26)18-7-5-4-6-17(18)23(24)25/h3-9,12H,10-11H2,1-2H3,(H2,20,21)/b15-3+. The quantitative estimate of drug-likeness (QED) is 0.346. The van der Waals surface area contributed by atoms with Gasteiger partial charge in [-0.1, -0.05) is 36.0 Å². The number of nitrogens with two attached hydrogens (primary N) is 1. The summed E-state index contributed by atoms with van der Waals surface area (Å²) >= 11 is 1.38. The number of fused-ring (bicyclic) bond motifs is 1. The van der Waals surface area contributed by atoms with Crippen LogP contribution in [0.1, 0.15) is 18.1 Å². The molecular weight excluding hydrogens is 396 g/mol. The molecule has 2 aromatic carbocycles. The largest absolute Gasteiger partial charge is 0.378 e. The van der Waals surface area contributed by atoms with Crippen LogP contribution in [0.25, 0.3) is 5.70 Å². The van der Waals surface area contributed by atoms with Gasteiger partial charge in [-0.15, -0.1) is 0 Å². The molecule has 28 heavy (non-hydrogen) atoms. The Hall–Kier alpha value is -2.65. The highest BCUT2D eigenvalue weighted by molar-refractivity contribution is 8.13. The lowest BCUT2D eigenvalue weighted by atomic mass is 10.1. The molecular formula is C19H20N4O3S2. The molecule has 0 amide bonds. The van der Waals surface area contributed by atoms with Gasteiger partial charge < -0.3 is 5.73 Å². The Balaban J connectivity index is 1.94. The van der Waals surface area contributed by atoms with Gasteiger partial charge in [0.05, 0.1) is 16.3 Å². The van der Waals surface area contributed by atoms with Gasteiger partial charge >= 0.3 is 0 Å². The van der Waals surface area contributed by atoms with Gasteiger partial charge in [0.2, 0.25) is 0 Å². The molecule has 7 nitrogen and oxygen atoms in total. The predicted molar refractivity (Wildman–Crippen MR) is 116 cm³/mol. The molecule has 3 rings (SSSR count). The van der Waals surface area contributed by atoms with Crippen molar-refractivity contribution in [3.05, 3.63) is 69.8 Å². The summed E-state index contributed by atoms with van der Waals surface area (Å²) in [6, 6.07) is 11.9. The summed E-state index contributed by atoms with van der Waals surface area (Å²) in [6.45, 7) is 2.42. The van der Waals surface area contributed by atoms with Crippen molar-refractivity contribution in [2.75, 3.05) is 17.1 Å². The molecule has 0 saturated carbocycles. The molecule has 1 atom stereocenters. The molecule has 2 N–H and O–H groups in total. The third kappa shape index (κ3) is 3.95. The first kappa shape index (κ1) is 20.1. The van der Waals surface area contributed by atoms with Gasteiger partial charge in [0.25, 0.3) is 5.69 Å². The smallest absolute Gasteiger partial charge is 0.287 e. The first-order chi connectivity index (χ1) is 13.5. The number of nitrogens with zero attached hydrogens (tertiary/aromatic N) is 3. The van der Waals surface area contributed by atoms with E-state index in [1.165, 1.54) is 17.8 Å². The molecule has 0 spiro atoms. The SMILES string of the molecule is C/C=C(/N=C(N)SC)c1ccc2c(c1)CCN2S(=O)c1ccccc1[N+](=O)[O-]. The third-order valence-electron chi connectivity index (χ3n) is 4.39. The zero-order valence-electron chi connectivity index (χ0n) is 15.5. The number of benzene rings is 2. The average Bonchev–Trinajstić information content (AvgIpc) is 3.14. The Bertz CT molecular complexity index is 1000. The van der Waals surface area contributed by atoms with E-state index < -0.39 is 15.9 Å². The molecule has 2 aromatic rings. The number of anilines is 1. The highest BCUT2D eigenvalue weighted by Gasteiger charge is 2.29. The minimum Gasteiger partial charge on any atom is -0.378 e. The van der Waals surface area contributed by atoms with E-state index in [4.69, 9.17) is 5.73 Å². The van der Waals surface area contributed by atoms with Crippen LogP contribution in [0.4, 0.5) is 11.4 Å². The van der Waals surface area contributed by atoms with Crippen molar-refractivity contribution in [1.82, 2.24) is 0 Å². The number of allylic oxidation sites excluding steroid dienone is 1. The van der Waals surface area contributed by atoms with E-state index in [1.807, 2.05) is 37.5 Å². The van der Waals surface area contributed by atoms with Gasteiger partial charge in [-0.05, 0) is 43.4 Å². The van der Waals surface area contributed by atoms with Crippen LogP contribution >= 0.6 is 11.8 Å². The second-order valence-corrected chi connectivity index (χ2v) is 8.20. The lowest BCUT2D eigenvalue weighted by molar-refractivity contribution is -0.387. The lowest BCUT2D eigenvalue weighted by Gasteiger charge is -2.18. The topological polar surface area (TPSA) is 102 Å². The van der Waals surface area contributed by atoms with Crippen LogP contribution in [-0.2, 0) is 17.4 Å². The minimum atomic E-state index is -1.66. The number of para-hydroxylation sites is 1. The summed E-state index contributed by atoms with van der Waals surface area (Å²) in [5.41, 5.74) is 9.24. The normalized spacial score (nSPS) is 15.4. The summed E-state index contributed by atoms with van der Waals surface area (Å²) < 4.78 is 14.8. The van der Waals surface area contributed by atoms with Gasteiger partial charge in [-0.3, -0.25) is 14.4 Å². The van der Waals surface area contributed by atoms with E-state index in [0.717, 1.165) is 22.5 Å². The summed E-state index contributed by atoms with van der Waals surface area (Å²) in [5.74, 6) is 0. The van der Waals surface area contributed by atoms with Gasteiger partial charge in [0.1, 0.15) is 4.90 Å². The molecule has 0 fully saturated rings. The summed E-state index contributed by atoms with van der Waals surface area (Å²) in [6.07, 6.45) is 4.46. The van der Waals surface area contributed by atoms with E-state index >= 15 is 0 Å². The number of nitro benzene ring substituents is 1. The van der Waals surface area contributed by atoms with E-state index in [1.54, 1.807) is 22.5 Å². The van der Waals surface area contributed by atoms with E-state index in [0.29, 0.717) is 18.1 Å². The van der Waals surface area contributed by atoms with Crippen LogP contribution in [0, 0.1) is 10.1 Å². The van der Waals surface area contributed by atoms with Gasteiger partial charge in [-0.25, -0.2) is 9.20 Å². The van der Waals surface area contributed by atoms with Crippen molar-refractivity contribution in [2.24, 2.45) is 10.7 Å². The Morgan fingerprint density at radius 1 is 1.36 bits per heavy atom. The molecule has 0 aliphatic carbocycles. The number of nitro groups is 1. The number of rotatable bonds is 5. The van der Waals surface area contributed by atoms with Crippen LogP contribution in [0.2, 0.25) is 0 Å². The molecule has 1 aliphatic heterocycles. The Morgan fingerprint density at radius 3 is 2.79 bits per heavy atom. The first-order valence-corrected chi connectivity index (χ1v) is 10.9. The number of hydrogen-bond acceptors (Lipinski definition) is 5. The van der Waals surface area contributed by atoms with Gasteiger partial charge in [0, 0.05) is 18.2 Å². The Labute approximate surface area is 170 Å². The maximum Gasteiger partial charge on any atom is 0.287 e. The molecule has 9 heteroatoms. The second-order valence-electron chi connectivity index (χ2n) is 6.00. The summed E-state index contributed by atoms with van der Waals surface area (Å²) in [7, 11) is -1.66. The van der Waals surface area contributed by atoms with Crippen LogP contribution in [0.3, 0.4) is 0 Å². The molecule has 0 saturated heterocycles. The number of hydrogen-bond donors (Lipinski definition) is 1. The van der Waals surface area contributed by atoms with Crippen LogP contribution in [0.5, 0.6) is 0 Å². The summed E-state index contributed by atoms with van der Waals surface area (Å²) in [5, 5.41) is 11.8. The molecule has 0 radical (unpaired) electrons. The first-order valence-electron chi connectivity index (χ1n) is 8.57. The van der Waals surface area contributed by atoms with E-state index in [2.05, 4.69) is 4.99 Å². The zero-order valence-corrected chi connectivity index (χ0v) is 17.1. The zero-order chi connectivity index (χ0) is 20.3. The molecule has 0 bridgehead atoms. The average molecular weight is 417 g/mol. The van der Waals surface area contributed by atoms with Crippen molar-refractivity contribution < 1.29 is 9.13 Å². The highest BCUT2D eigenvalue weighted by atomic mass is 32.2. The Kier molecular flexibility index (Phi) is 6.15. The molecule has 146 valence electrons. The number of thioether (sulfide) groups is 1. The van der Waals surface area contributed by atoms with Gasteiger partial charge in [0.15, 0.2) is 16.2 Å². The fourth-order valence-electron chi connectivity index (χ4n) is 3.04. The second kappa shape index (κ2) is 8.57. The highest BCUT2D eigenvalue weighted by Crippen LogP contribution is 2.35. The van der Waals surface area contributed by atoms with Crippen molar-refractivity contribution >= 4 is 45.0 Å². The lowest BCUT2D eigenvalue weighted by Crippen LogP contribution is -2.24. The molecule has 1 unspecified atom stereocenters. The van der Waals surface area contributed by atoms with Crippen molar-refractivity contribution in [1.29, 1.82) is 0 Å². The molecule has 1 heterocycles. The predicted octanol–water partition coefficient (Wildman–Crippen LogP) is 3.72. The van der Waals surface area contributed by atoms with Crippen molar-refractivity contribution in [3.8, 4) is 0 Å². The number of aliphatic imine (C=N–C) groups is 1. The third-order valence-corrected chi connectivity index (χ3v) is 6.40. The maximum atomic E-state index is 13.1.